The first kappa shape index (κ1) is 26.8. The average Bonchev–Trinajstić information content (AvgIpc) is 2.65. The SMILES string of the molecule is CC1=[C-]CC(C)C1(C)C.CC1=[C-]CC(C)C1(C)C.[Cl-].[Cl-].[Zr+4]. The Morgan fingerprint density at radius 3 is 1.05 bits per heavy atom. The standard InChI is InChI=1S/2C9H15.2ClH.Zr/c2*1-7-5-6-8(2)9(7,3)4;;;/h2*7H,5H2,1-4H3;2*1H;/q2*-1;;;+4/p-2. The van der Waals surface area contributed by atoms with Gasteiger partial charge in [-0.2, -0.15) is 12.8 Å². The Hall–Kier alpha value is 0.943. The van der Waals surface area contributed by atoms with E-state index in [0.29, 0.717) is 10.8 Å². The molecule has 0 N–H and O–H groups in total. The Labute approximate surface area is 164 Å². The van der Waals surface area contributed by atoms with E-state index in [1.165, 1.54) is 11.1 Å². The zero-order valence-electron chi connectivity index (χ0n) is 14.8. The van der Waals surface area contributed by atoms with E-state index < -0.39 is 0 Å². The van der Waals surface area contributed by atoms with Crippen LogP contribution < -0.4 is 24.8 Å². The van der Waals surface area contributed by atoms with E-state index in [4.69, 9.17) is 0 Å². The zero-order valence-corrected chi connectivity index (χ0v) is 18.8. The predicted octanol–water partition coefficient (Wildman–Crippen LogP) is -0.391. The molecule has 0 aromatic carbocycles. The summed E-state index contributed by atoms with van der Waals surface area (Å²) in [5, 5.41) is 0. The quantitative estimate of drug-likeness (QED) is 0.479. The maximum atomic E-state index is 3.38. The minimum absolute atomic E-state index is 0. The molecule has 120 valence electrons. The summed E-state index contributed by atoms with van der Waals surface area (Å²) in [6.45, 7) is 18.2. The molecule has 3 heteroatoms. The van der Waals surface area contributed by atoms with Crippen molar-refractivity contribution in [3.8, 4) is 0 Å². The van der Waals surface area contributed by atoms with Crippen molar-refractivity contribution in [1.29, 1.82) is 0 Å². The van der Waals surface area contributed by atoms with Crippen molar-refractivity contribution >= 4 is 0 Å². The molecule has 2 atom stereocenters. The second-order valence-electron chi connectivity index (χ2n) is 7.26. The number of rotatable bonds is 0. The maximum absolute atomic E-state index is 3.38. The molecule has 0 heterocycles. The van der Waals surface area contributed by atoms with Crippen LogP contribution >= 0.6 is 0 Å². The summed E-state index contributed by atoms with van der Waals surface area (Å²) in [5.74, 6) is 1.58. The number of hydrogen-bond acceptors (Lipinski definition) is 0. The summed E-state index contributed by atoms with van der Waals surface area (Å²) in [6, 6.07) is 0. The summed E-state index contributed by atoms with van der Waals surface area (Å²) >= 11 is 0. The molecule has 2 aliphatic carbocycles. The molecule has 2 aliphatic rings. The van der Waals surface area contributed by atoms with Crippen LogP contribution in [0.4, 0.5) is 0 Å². The molecule has 0 aromatic rings. The molecule has 0 nitrogen and oxygen atoms in total. The van der Waals surface area contributed by atoms with Gasteiger partial charge in [0, 0.05) is 0 Å². The molecule has 0 saturated carbocycles. The fourth-order valence-electron chi connectivity index (χ4n) is 2.32. The molecule has 0 radical (unpaired) electrons. The smallest absolute Gasteiger partial charge is 1.00 e. The van der Waals surface area contributed by atoms with Crippen LogP contribution in [-0.2, 0) is 26.2 Å². The van der Waals surface area contributed by atoms with Gasteiger partial charge >= 0.3 is 26.2 Å². The van der Waals surface area contributed by atoms with E-state index in [1.54, 1.807) is 0 Å². The Balaban J connectivity index is -0.000000270. The summed E-state index contributed by atoms with van der Waals surface area (Å²) in [7, 11) is 0. The van der Waals surface area contributed by atoms with Crippen LogP contribution in [0.1, 0.15) is 68.2 Å². The van der Waals surface area contributed by atoms with Crippen molar-refractivity contribution in [3.63, 3.8) is 0 Å². The van der Waals surface area contributed by atoms with E-state index in [2.05, 4.69) is 67.5 Å². The molecule has 0 saturated heterocycles. The molecule has 2 rings (SSSR count). The number of hydrogen-bond donors (Lipinski definition) is 0. The normalized spacial score (nSPS) is 27.8. The van der Waals surface area contributed by atoms with Crippen molar-refractivity contribution in [2.75, 3.05) is 0 Å². The molecule has 0 aliphatic heterocycles. The summed E-state index contributed by atoms with van der Waals surface area (Å²) < 4.78 is 0. The van der Waals surface area contributed by atoms with E-state index in [1.807, 2.05) is 0 Å². The van der Waals surface area contributed by atoms with Gasteiger partial charge in [-0.1, -0.05) is 67.2 Å². The van der Waals surface area contributed by atoms with Gasteiger partial charge < -0.3 is 37.0 Å². The van der Waals surface area contributed by atoms with Gasteiger partial charge in [0.15, 0.2) is 0 Å². The fraction of sp³-hybridized carbons (Fsp3) is 0.778. The van der Waals surface area contributed by atoms with Crippen LogP contribution in [0.15, 0.2) is 11.1 Å². The molecule has 0 amide bonds. The Morgan fingerprint density at radius 1 is 0.762 bits per heavy atom. The van der Waals surface area contributed by atoms with Gasteiger partial charge in [0.25, 0.3) is 0 Å². The van der Waals surface area contributed by atoms with Gasteiger partial charge in [-0.3, -0.25) is 11.1 Å². The second kappa shape index (κ2) is 9.94. The van der Waals surface area contributed by atoms with E-state index in [9.17, 15) is 0 Å². The third-order valence-electron chi connectivity index (χ3n) is 5.74. The van der Waals surface area contributed by atoms with Crippen molar-refractivity contribution < 1.29 is 51.0 Å². The van der Waals surface area contributed by atoms with Gasteiger partial charge in [-0.15, -0.1) is 0 Å². The topological polar surface area (TPSA) is 0 Å². The van der Waals surface area contributed by atoms with Crippen LogP contribution in [0.25, 0.3) is 0 Å². The zero-order chi connectivity index (χ0) is 14.1. The monoisotopic (exact) mass is 406 g/mol. The molecule has 0 spiro atoms. The van der Waals surface area contributed by atoms with Gasteiger partial charge in [0.2, 0.25) is 0 Å². The number of allylic oxidation sites excluding steroid dienone is 4. The molecule has 2 unspecified atom stereocenters. The molecule has 0 aromatic heterocycles. The van der Waals surface area contributed by atoms with Crippen molar-refractivity contribution in [2.24, 2.45) is 22.7 Å². The molecular weight excluding hydrogens is 378 g/mol. The fourth-order valence-corrected chi connectivity index (χ4v) is 2.32. The molecule has 21 heavy (non-hydrogen) atoms. The van der Waals surface area contributed by atoms with Crippen LogP contribution in [0, 0.1) is 34.8 Å². The van der Waals surface area contributed by atoms with E-state index >= 15 is 0 Å². The second-order valence-corrected chi connectivity index (χ2v) is 7.26. The van der Waals surface area contributed by atoms with Crippen molar-refractivity contribution in [3.05, 3.63) is 23.3 Å². The Morgan fingerprint density at radius 2 is 1.00 bits per heavy atom. The first-order chi connectivity index (χ1) is 8.10. The van der Waals surface area contributed by atoms with Crippen molar-refractivity contribution in [2.45, 2.75) is 68.2 Å². The van der Waals surface area contributed by atoms with Gasteiger partial charge in [-0.25, -0.2) is 0 Å². The van der Waals surface area contributed by atoms with Gasteiger partial charge in [0.05, 0.1) is 0 Å². The van der Waals surface area contributed by atoms with Crippen LogP contribution in [0.3, 0.4) is 0 Å². The third-order valence-corrected chi connectivity index (χ3v) is 5.74. The average molecular weight is 409 g/mol. The maximum Gasteiger partial charge on any atom is 4.00 e. The van der Waals surface area contributed by atoms with E-state index in [-0.39, 0.29) is 51.0 Å². The molecular formula is C18H30Cl2Zr. The summed E-state index contributed by atoms with van der Waals surface area (Å²) in [5.41, 5.74) is 3.71. The Bertz CT molecular complexity index is 331. The molecule has 0 fully saturated rings. The van der Waals surface area contributed by atoms with Gasteiger partial charge in [-0.05, 0) is 10.8 Å². The Kier molecular flexibility index (Phi) is 12.7. The predicted molar refractivity (Wildman–Crippen MR) is 80.0 cm³/mol. The first-order valence-electron chi connectivity index (χ1n) is 7.26. The third kappa shape index (κ3) is 6.15. The first-order valence-corrected chi connectivity index (χ1v) is 7.26. The largest absolute Gasteiger partial charge is 4.00 e. The minimum atomic E-state index is 0. The number of halogens is 2. The molecule has 0 bridgehead atoms. The van der Waals surface area contributed by atoms with Crippen LogP contribution in [0.2, 0.25) is 0 Å². The summed E-state index contributed by atoms with van der Waals surface area (Å²) in [6.07, 6.45) is 9.06. The van der Waals surface area contributed by atoms with Crippen molar-refractivity contribution in [1.82, 2.24) is 0 Å². The van der Waals surface area contributed by atoms with Crippen LogP contribution in [-0.4, -0.2) is 0 Å². The van der Waals surface area contributed by atoms with E-state index in [0.717, 1.165) is 24.7 Å². The van der Waals surface area contributed by atoms with Crippen LogP contribution in [0.5, 0.6) is 0 Å². The summed E-state index contributed by atoms with van der Waals surface area (Å²) in [4.78, 5) is 0. The minimum Gasteiger partial charge on any atom is -1.00 e. The van der Waals surface area contributed by atoms with Gasteiger partial charge in [0.1, 0.15) is 0 Å².